The van der Waals surface area contributed by atoms with Crippen molar-refractivity contribution in [2.75, 3.05) is 6.54 Å². The van der Waals surface area contributed by atoms with E-state index in [0.717, 1.165) is 36.1 Å². The van der Waals surface area contributed by atoms with Gasteiger partial charge < -0.3 is 20.0 Å². The summed E-state index contributed by atoms with van der Waals surface area (Å²) in [5.74, 6) is 1.33. The number of fused-ring (bicyclic) bond motifs is 1. The lowest BCUT2D eigenvalue weighted by molar-refractivity contribution is -0.149. The van der Waals surface area contributed by atoms with Crippen LogP contribution in [0.25, 0.3) is 11.1 Å². The summed E-state index contributed by atoms with van der Waals surface area (Å²) in [6, 6.07) is 11.9. The van der Waals surface area contributed by atoms with Crippen LogP contribution in [0.2, 0.25) is 0 Å². The summed E-state index contributed by atoms with van der Waals surface area (Å²) in [6.45, 7) is 1.47. The molecule has 1 saturated heterocycles. The first-order chi connectivity index (χ1) is 18.7. The Bertz CT molecular complexity index is 1360. The first-order valence-electron chi connectivity index (χ1n) is 13.5. The summed E-state index contributed by atoms with van der Waals surface area (Å²) in [7, 11) is 0. The minimum Gasteiger partial charge on any atom is -0.438 e. The van der Waals surface area contributed by atoms with Gasteiger partial charge in [0.15, 0.2) is 5.58 Å². The number of benzene rings is 2. The van der Waals surface area contributed by atoms with Crippen LogP contribution >= 0.6 is 0 Å². The second-order valence-electron chi connectivity index (χ2n) is 11.1. The van der Waals surface area contributed by atoms with Crippen molar-refractivity contribution in [1.29, 1.82) is 0 Å². The Hall–Kier alpha value is -3.56. The molecule has 7 nitrogen and oxygen atoms in total. The highest BCUT2D eigenvalue weighted by molar-refractivity contribution is 5.83. The first-order valence-corrected chi connectivity index (χ1v) is 13.5. The van der Waals surface area contributed by atoms with Crippen molar-refractivity contribution in [3.63, 3.8) is 0 Å². The van der Waals surface area contributed by atoms with Crippen molar-refractivity contribution in [2.45, 2.75) is 63.3 Å². The molecule has 1 aromatic heterocycles. The number of rotatable bonds is 9. The molecule has 206 valence electrons. The van der Waals surface area contributed by atoms with Gasteiger partial charge in [-0.3, -0.25) is 4.79 Å². The zero-order valence-corrected chi connectivity index (χ0v) is 21.6. The van der Waals surface area contributed by atoms with E-state index in [1.54, 1.807) is 18.2 Å². The van der Waals surface area contributed by atoms with E-state index in [-0.39, 0.29) is 30.3 Å². The minimum absolute atomic E-state index is 0.0259. The Kier molecular flexibility index (Phi) is 6.51. The van der Waals surface area contributed by atoms with Crippen molar-refractivity contribution < 1.29 is 27.2 Å². The Balaban J connectivity index is 1.25. The van der Waals surface area contributed by atoms with Gasteiger partial charge in [-0.15, -0.1) is 0 Å². The number of amides is 3. The van der Waals surface area contributed by atoms with Crippen LogP contribution in [0, 0.1) is 17.8 Å². The fourth-order valence-corrected chi connectivity index (χ4v) is 5.74. The van der Waals surface area contributed by atoms with Gasteiger partial charge in [0.2, 0.25) is 11.8 Å². The molecule has 0 bridgehead atoms. The molecule has 1 aliphatic heterocycles. The molecule has 6 rings (SSSR count). The topological polar surface area (TPSA) is 87.5 Å². The van der Waals surface area contributed by atoms with Gasteiger partial charge in [0.25, 0.3) is 0 Å². The van der Waals surface area contributed by atoms with Gasteiger partial charge in [-0.05, 0) is 73.6 Å². The third-order valence-corrected chi connectivity index (χ3v) is 8.20. The molecule has 39 heavy (non-hydrogen) atoms. The number of nitrogens with zero attached hydrogens (tertiary/aromatic N) is 2. The van der Waals surface area contributed by atoms with Crippen molar-refractivity contribution in [3.05, 3.63) is 65.5 Å². The minimum atomic E-state index is -4.49. The van der Waals surface area contributed by atoms with E-state index in [4.69, 9.17) is 9.40 Å². The van der Waals surface area contributed by atoms with E-state index in [9.17, 15) is 22.8 Å². The fourth-order valence-electron chi connectivity index (χ4n) is 5.74. The number of halogens is 3. The normalized spacial score (nSPS) is 21.3. The van der Waals surface area contributed by atoms with Gasteiger partial charge >= 0.3 is 12.2 Å². The lowest BCUT2D eigenvalue weighted by Crippen LogP contribution is -2.40. The lowest BCUT2D eigenvalue weighted by atomic mass is 9.88. The van der Waals surface area contributed by atoms with Crippen LogP contribution < -0.4 is 10.6 Å². The number of oxazole rings is 1. The van der Waals surface area contributed by atoms with E-state index in [0.29, 0.717) is 34.4 Å². The molecule has 2 heterocycles. The summed E-state index contributed by atoms with van der Waals surface area (Å²) >= 11 is 0. The molecule has 0 spiro atoms. The first kappa shape index (κ1) is 25.7. The summed E-state index contributed by atoms with van der Waals surface area (Å²) in [5.41, 5.74) is 2.67. The Morgan fingerprint density at radius 1 is 1.13 bits per heavy atom. The number of aromatic nitrogens is 1. The standard InChI is InChI=1S/C29H31F3N4O3/c1-16(18-5-3-2-4-6-18)26(37)35-25(24(19-8-9-19)20-10-11-20)27-33-21-13-17(7-12-22(21)39-27)14-36-15-23(29(30,31)32)34-28(36)38/h2-7,12-13,16,19-20,23-25H,8-11,14-15H2,1H3,(H,34,38)(H,35,37). The lowest BCUT2D eigenvalue weighted by Gasteiger charge is -2.27. The van der Waals surface area contributed by atoms with E-state index in [2.05, 4.69) is 5.32 Å². The van der Waals surface area contributed by atoms with Crippen LogP contribution in [0.3, 0.4) is 0 Å². The van der Waals surface area contributed by atoms with Crippen LogP contribution in [0.5, 0.6) is 0 Å². The molecular formula is C29H31F3N4O3. The number of carbonyl (C=O) groups is 2. The zero-order valence-electron chi connectivity index (χ0n) is 21.6. The summed E-state index contributed by atoms with van der Waals surface area (Å²) in [4.78, 5) is 31.4. The maximum absolute atomic E-state index is 13.4. The van der Waals surface area contributed by atoms with Crippen LogP contribution in [0.1, 0.15) is 61.6 Å². The average Bonchev–Trinajstić information content (AvgIpc) is 3.84. The highest BCUT2D eigenvalue weighted by Crippen LogP contribution is 2.54. The number of nitrogens with one attached hydrogen (secondary N) is 2. The predicted molar refractivity (Wildman–Crippen MR) is 137 cm³/mol. The average molecular weight is 541 g/mol. The molecular weight excluding hydrogens is 509 g/mol. The van der Waals surface area contributed by atoms with Crippen LogP contribution in [-0.2, 0) is 11.3 Å². The molecule has 2 aromatic carbocycles. The molecule has 3 unspecified atom stereocenters. The third-order valence-electron chi connectivity index (χ3n) is 8.20. The number of carbonyl (C=O) groups excluding carboxylic acids is 2. The number of hydrogen-bond acceptors (Lipinski definition) is 4. The zero-order chi connectivity index (χ0) is 27.3. The smallest absolute Gasteiger partial charge is 0.410 e. The molecule has 10 heteroatoms. The van der Waals surface area contributed by atoms with E-state index < -0.39 is 24.8 Å². The molecule has 3 atom stereocenters. The summed E-state index contributed by atoms with van der Waals surface area (Å²) < 4.78 is 45.4. The molecule has 2 saturated carbocycles. The molecule has 3 aromatic rings. The Labute approximate surface area is 224 Å². The van der Waals surface area contributed by atoms with Crippen molar-refractivity contribution in [2.24, 2.45) is 17.8 Å². The maximum Gasteiger partial charge on any atom is 0.410 e. The molecule has 0 radical (unpaired) electrons. The third kappa shape index (κ3) is 5.46. The van der Waals surface area contributed by atoms with Crippen LogP contribution in [0.4, 0.5) is 18.0 Å². The second kappa shape index (κ2) is 9.88. The van der Waals surface area contributed by atoms with E-state index >= 15 is 0 Å². The van der Waals surface area contributed by atoms with Gasteiger partial charge in [0.1, 0.15) is 17.6 Å². The van der Waals surface area contributed by atoms with Crippen LogP contribution in [-0.4, -0.2) is 40.6 Å². The molecule has 3 aliphatic rings. The van der Waals surface area contributed by atoms with Gasteiger partial charge in [0, 0.05) is 6.54 Å². The largest absolute Gasteiger partial charge is 0.438 e. The molecule has 3 amide bonds. The quantitative estimate of drug-likeness (QED) is 0.366. The number of hydrogen-bond donors (Lipinski definition) is 2. The molecule has 2 N–H and O–H groups in total. The maximum atomic E-state index is 13.4. The van der Waals surface area contributed by atoms with Crippen molar-refractivity contribution in [1.82, 2.24) is 20.5 Å². The molecule has 3 fully saturated rings. The Morgan fingerprint density at radius 3 is 2.44 bits per heavy atom. The Morgan fingerprint density at radius 2 is 1.82 bits per heavy atom. The van der Waals surface area contributed by atoms with E-state index in [1.807, 2.05) is 42.6 Å². The summed E-state index contributed by atoms with van der Waals surface area (Å²) in [5, 5.41) is 5.26. The number of alkyl halides is 3. The van der Waals surface area contributed by atoms with Crippen molar-refractivity contribution in [3.8, 4) is 0 Å². The second-order valence-corrected chi connectivity index (χ2v) is 11.1. The van der Waals surface area contributed by atoms with Gasteiger partial charge in [-0.1, -0.05) is 36.4 Å². The fraction of sp³-hybridized carbons (Fsp3) is 0.483. The van der Waals surface area contributed by atoms with Gasteiger partial charge in [-0.2, -0.15) is 13.2 Å². The highest BCUT2D eigenvalue weighted by Gasteiger charge is 2.49. The SMILES string of the molecule is CC(C(=O)NC(c1nc2cc(CN3CC(C(F)(F)F)NC3=O)ccc2o1)C(C1CC1)C1CC1)c1ccccc1. The van der Waals surface area contributed by atoms with Crippen LogP contribution in [0.15, 0.2) is 52.9 Å². The van der Waals surface area contributed by atoms with Crippen molar-refractivity contribution >= 4 is 23.0 Å². The number of urea groups is 1. The summed E-state index contributed by atoms with van der Waals surface area (Å²) in [6.07, 6.45) is 0.0182. The molecule has 2 aliphatic carbocycles. The monoisotopic (exact) mass is 540 g/mol. The van der Waals surface area contributed by atoms with Gasteiger partial charge in [-0.25, -0.2) is 9.78 Å². The predicted octanol–water partition coefficient (Wildman–Crippen LogP) is 5.68. The van der Waals surface area contributed by atoms with Gasteiger partial charge in [0.05, 0.1) is 12.5 Å². The van der Waals surface area contributed by atoms with E-state index in [1.165, 1.54) is 0 Å². The highest BCUT2D eigenvalue weighted by atomic mass is 19.4.